The zero-order valence-corrected chi connectivity index (χ0v) is 16.4. The lowest BCUT2D eigenvalue weighted by atomic mass is 9.72. The second kappa shape index (κ2) is 8.53. The Morgan fingerprint density at radius 3 is 2.68 bits per heavy atom. The fraction of sp³-hybridized carbons (Fsp3) is 0.391. The molecule has 1 amide bonds. The van der Waals surface area contributed by atoms with Crippen LogP contribution in [0.3, 0.4) is 0 Å². The maximum absolute atomic E-state index is 13.6. The number of carbonyl (C=O) groups excluding carboxylic acids is 1. The topological polar surface area (TPSA) is 56.1 Å². The van der Waals surface area contributed by atoms with Crippen molar-refractivity contribution in [1.82, 2.24) is 10.2 Å². The van der Waals surface area contributed by atoms with Gasteiger partial charge in [0.2, 0.25) is 0 Å². The van der Waals surface area contributed by atoms with E-state index in [2.05, 4.69) is 23.2 Å². The summed E-state index contributed by atoms with van der Waals surface area (Å²) in [6.45, 7) is 3.03. The van der Waals surface area contributed by atoms with Gasteiger partial charge >= 0.3 is 0 Å². The zero-order chi connectivity index (χ0) is 20.1. The number of nitriles is 1. The van der Waals surface area contributed by atoms with E-state index in [4.69, 9.17) is 5.26 Å². The molecule has 1 fully saturated rings. The minimum absolute atomic E-state index is 0.0321. The average Bonchev–Trinajstić information content (AvgIpc) is 2.70. The molecule has 1 aliphatic heterocycles. The number of hydrogen-bond donors (Lipinski definition) is 1. The number of amides is 1. The highest BCUT2D eigenvalue weighted by Gasteiger charge is 2.37. The molecule has 0 spiro atoms. The molecule has 2 atom stereocenters. The highest BCUT2D eigenvalue weighted by atomic mass is 19.1. The molecule has 1 saturated heterocycles. The van der Waals surface area contributed by atoms with E-state index >= 15 is 0 Å². The lowest BCUT2D eigenvalue weighted by molar-refractivity contribution is 0.0393. The fourth-order valence-electron chi connectivity index (χ4n) is 4.13. The first kappa shape index (κ1) is 20.0. The van der Waals surface area contributed by atoms with Crippen molar-refractivity contribution in [3.05, 3.63) is 71.0 Å². The molecule has 146 valence electrons. The van der Waals surface area contributed by atoms with Crippen molar-refractivity contribution < 1.29 is 9.18 Å². The van der Waals surface area contributed by atoms with E-state index in [1.807, 2.05) is 13.1 Å². The van der Waals surface area contributed by atoms with Gasteiger partial charge in [-0.1, -0.05) is 19.1 Å². The molecular weight excluding hydrogens is 353 g/mol. The summed E-state index contributed by atoms with van der Waals surface area (Å²) in [5.41, 5.74) is 2.20. The molecule has 2 unspecified atom stereocenters. The lowest BCUT2D eigenvalue weighted by Crippen LogP contribution is -2.54. The molecule has 0 saturated carbocycles. The SMILES string of the molecule is CCC1(Cc2cccc(F)c2)CCC(NC(=O)c2ccc(C#N)cc2)N(C)C1. The molecule has 0 radical (unpaired) electrons. The third-order valence-corrected chi connectivity index (χ3v) is 5.86. The minimum Gasteiger partial charge on any atom is -0.337 e. The van der Waals surface area contributed by atoms with Gasteiger partial charge in [-0.3, -0.25) is 9.69 Å². The Hall–Kier alpha value is -2.71. The van der Waals surface area contributed by atoms with Crippen molar-refractivity contribution in [2.24, 2.45) is 5.41 Å². The van der Waals surface area contributed by atoms with Gasteiger partial charge in [-0.05, 0) is 80.1 Å². The van der Waals surface area contributed by atoms with Crippen molar-refractivity contribution >= 4 is 5.91 Å². The van der Waals surface area contributed by atoms with Gasteiger partial charge in [0.1, 0.15) is 5.82 Å². The summed E-state index contributed by atoms with van der Waals surface area (Å²) in [5, 5.41) is 12.0. The van der Waals surface area contributed by atoms with Gasteiger partial charge in [-0.15, -0.1) is 0 Å². The second-order valence-electron chi connectivity index (χ2n) is 7.79. The maximum Gasteiger partial charge on any atom is 0.252 e. The maximum atomic E-state index is 13.6. The van der Waals surface area contributed by atoms with Gasteiger partial charge in [-0.25, -0.2) is 4.39 Å². The average molecular weight is 379 g/mol. The predicted octanol–water partition coefficient (Wildman–Crippen LogP) is 4.12. The summed E-state index contributed by atoms with van der Waals surface area (Å²) in [6.07, 6.45) is 3.63. The van der Waals surface area contributed by atoms with Gasteiger partial charge in [0, 0.05) is 12.1 Å². The minimum atomic E-state index is -0.194. The van der Waals surface area contributed by atoms with Gasteiger partial charge in [0.25, 0.3) is 5.91 Å². The van der Waals surface area contributed by atoms with Gasteiger partial charge in [0.05, 0.1) is 17.8 Å². The van der Waals surface area contributed by atoms with Crippen LogP contribution in [0.2, 0.25) is 0 Å². The Bertz CT molecular complexity index is 874. The van der Waals surface area contributed by atoms with Crippen molar-refractivity contribution in [3.63, 3.8) is 0 Å². The van der Waals surface area contributed by atoms with Gasteiger partial charge in [0.15, 0.2) is 0 Å². The van der Waals surface area contributed by atoms with Crippen LogP contribution in [0.5, 0.6) is 0 Å². The zero-order valence-electron chi connectivity index (χ0n) is 16.4. The molecule has 1 N–H and O–H groups in total. The second-order valence-corrected chi connectivity index (χ2v) is 7.79. The molecule has 0 aromatic heterocycles. The normalized spacial score (nSPS) is 22.4. The highest BCUT2D eigenvalue weighted by molar-refractivity contribution is 5.94. The van der Waals surface area contributed by atoms with E-state index in [0.717, 1.165) is 37.8 Å². The number of carbonyl (C=O) groups is 1. The van der Waals surface area contributed by atoms with E-state index in [9.17, 15) is 9.18 Å². The summed E-state index contributed by atoms with van der Waals surface area (Å²) in [4.78, 5) is 14.7. The summed E-state index contributed by atoms with van der Waals surface area (Å²) in [7, 11) is 2.03. The van der Waals surface area contributed by atoms with Crippen LogP contribution in [0.25, 0.3) is 0 Å². The number of benzene rings is 2. The molecule has 1 heterocycles. The molecule has 0 aliphatic carbocycles. The van der Waals surface area contributed by atoms with E-state index < -0.39 is 0 Å². The van der Waals surface area contributed by atoms with Crippen LogP contribution in [0.15, 0.2) is 48.5 Å². The number of likely N-dealkylation sites (tertiary alicyclic amines) is 1. The Morgan fingerprint density at radius 2 is 2.07 bits per heavy atom. The molecule has 2 aromatic carbocycles. The fourth-order valence-corrected chi connectivity index (χ4v) is 4.13. The summed E-state index contributed by atoms with van der Waals surface area (Å²) in [6, 6.07) is 15.6. The largest absolute Gasteiger partial charge is 0.337 e. The Labute approximate surface area is 166 Å². The Balaban J connectivity index is 1.64. The van der Waals surface area contributed by atoms with Crippen molar-refractivity contribution in [2.75, 3.05) is 13.6 Å². The van der Waals surface area contributed by atoms with Crippen LogP contribution < -0.4 is 5.32 Å². The molecule has 3 rings (SSSR count). The first-order chi connectivity index (χ1) is 13.4. The molecule has 2 aromatic rings. The van der Waals surface area contributed by atoms with Crippen molar-refractivity contribution in [1.29, 1.82) is 5.26 Å². The van der Waals surface area contributed by atoms with E-state index in [1.165, 1.54) is 6.07 Å². The Morgan fingerprint density at radius 1 is 1.32 bits per heavy atom. The number of nitrogens with zero attached hydrogens (tertiary/aromatic N) is 2. The Kier molecular flexibility index (Phi) is 6.11. The molecule has 4 nitrogen and oxygen atoms in total. The highest BCUT2D eigenvalue weighted by Crippen LogP contribution is 2.38. The molecular formula is C23H26FN3O. The first-order valence-electron chi connectivity index (χ1n) is 9.70. The third-order valence-electron chi connectivity index (χ3n) is 5.86. The number of hydrogen-bond acceptors (Lipinski definition) is 3. The van der Waals surface area contributed by atoms with Crippen LogP contribution in [-0.4, -0.2) is 30.6 Å². The van der Waals surface area contributed by atoms with Crippen LogP contribution in [0.4, 0.5) is 4.39 Å². The monoisotopic (exact) mass is 379 g/mol. The van der Waals surface area contributed by atoms with Crippen LogP contribution in [0.1, 0.15) is 47.7 Å². The van der Waals surface area contributed by atoms with Gasteiger partial charge in [-0.2, -0.15) is 5.26 Å². The standard InChI is InChI=1S/C23H26FN3O/c1-3-23(14-18-5-4-6-20(24)13-18)12-11-21(27(2)16-23)26-22(28)19-9-7-17(15-25)8-10-19/h4-10,13,21H,3,11-12,14,16H2,1-2H3,(H,26,28). The van der Waals surface area contributed by atoms with Crippen LogP contribution in [0, 0.1) is 22.6 Å². The lowest BCUT2D eigenvalue weighted by Gasteiger charge is -2.45. The predicted molar refractivity (Wildman–Crippen MR) is 107 cm³/mol. The number of piperidine rings is 1. The number of rotatable bonds is 5. The van der Waals surface area contributed by atoms with E-state index in [1.54, 1.807) is 36.4 Å². The molecule has 0 bridgehead atoms. The summed E-state index contributed by atoms with van der Waals surface area (Å²) >= 11 is 0. The quantitative estimate of drug-likeness (QED) is 0.850. The first-order valence-corrected chi connectivity index (χ1v) is 9.70. The molecule has 5 heteroatoms. The van der Waals surface area contributed by atoms with Crippen molar-refractivity contribution in [2.45, 2.75) is 38.8 Å². The van der Waals surface area contributed by atoms with Crippen LogP contribution in [-0.2, 0) is 6.42 Å². The molecule has 1 aliphatic rings. The smallest absolute Gasteiger partial charge is 0.252 e. The third kappa shape index (κ3) is 4.58. The number of nitrogens with one attached hydrogen (secondary N) is 1. The number of halogens is 1. The van der Waals surface area contributed by atoms with E-state index in [-0.39, 0.29) is 23.3 Å². The van der Waals surface area contributed by atoms with Crippen molar-refractivity contribution in [3.8, 4) is 6.07 Å². The summed E-state index contributed by atoms with van der Waals surface area (Å²) < 4.78 is 13.6. The van der Waals surface area contributed by atoms with Crippen LogP contribution >= 0.6 is 0 Å². The van der Waals surface area contributed by atoms with E-state index in [0.29, 0.717) is 11.1 Å². The van der Waals surface area contributed by atoms with Gasteiger partial charge < -0.3 is 5.32 Å². The molecule has 28 heavy (non-hydrogen) atoms. The summed E-state index contributed by atoms with van der Waals surface area (Å²) in [5.74, 6) is -0.323.